The van der Waals surface area contributed by atoms with E-state index in [9.17, 15) is 9.00 Å². The highest BCUT2D eigenvalue weighted by molar-refractivity contribution is 7.92. The Balaban J connectivity index is 2.06. The van der Waals surface area contributed by atoms with E-state index in [1.165, 1.54) is 7.11 Å². The fourth-order valence-electron chi connectivity index (χ4n) is 1.88. The second-order valence-corrected chi connectivity index (χ2v) is 7.88. The lowest BCUT2D eigenvalue weighted by molar-refractivity contribution is -0.148. The number of carbonyl (C=O) groups excluding carboxylic acids is 1. The van der Waals surface area contributed by atoms with Gasteiger partial charge in [0, 0.05) is 28.3 Å². The third-order valence-electron chi connectivity index (χ3n) is 3.13. The molecule has 6 heteroatoms. The van der Waals surface area contributed by atoms with Gasteiger partial charge in [0.15, 0.2) is 0 Å². The maximum absolute atomic E-state index is 11.7. The number of nitrogens with zero attached hydrogens (tertiary/aromatic N) is 1. The van der Waals surface area contributed by atoms with Crippen LogP contribution in [0.1, 0.15) is 12.8 Å². The molecule has 0 N–H and O–H groups in total. The summed E-state index contributed by atoms with van der Waals surface area (Å²) >= 11 is 0. The predicted octanol–water partition coefficient (Wildman–Crippen LogP) is 2.38. The number of hydrogen-bond donors (Lipinski definition) is 0. The van der Waals surface area contributed by atoms with Crippen molar-refractivity contribution in [3.8, 4) is 5.75 Å². The van der Waals surface area contributed by atoms with Crippen molar-refractivity contribution >= 4 is 21.4 Å². The number of ether oxygens (including phenoxy) is 2. The minimum absolute atomic E-state index is 0.219. The van der Waals surface area contributed by atoms with Crippen LogP contribution in [0.5, 0.6) is 5.75 Å². The molecule has 1 saturated carbocycles. The summed E-state index contributed by atoms with van der Waals surface area (Å²) in [5, 5.41) is 0. The third-order valence-corrected chi connectivity index (χ3v) is 3.78. The van der Waals surface area contributed by atoms with Gasteiger partial charge in [0.25, 0.3) is 0 Å². The van der Waals surface area contributed by atoms with E-state index in [0.717, 1.165) is 12.8 Å². The first kappa shape index (κ1) is 14.8. The molecule has 5 nitrogen and oxygen atoms in total. The van der Waals surface area contributed by atoms with Gasteiger partial charge in [-0.3, -0.25) is 4.79 Å². The van der Waals surface area contributed by atoms with Crippen LogP contribution in [0.25, 0.3) is 0 Å². The molecule has 0 aromatic heterocycles. The van der Waals surface area contributed by atoms with Gasteiger partial charge in [-0.25, -0.2) is 4.21 Å². The predicted molar refractivity (Wildman–Crippen MR) is 77.7 cm³/mol. The first-order valence-electron chi connectivity index (χ1n) is 6.33. The van der Waals surface area contributed by atoms with Crippen molar-refractivity contribution in [1.82, 2.24) is 0 Å². The zero-order chi connectivity index (χ0) is 14.8. The van der Waals surface area contributed by atoms with Gasteiger partial charge in [0.2, 0.25) is 0 Å². The molecular weight excluding hydrogens is 278 g/mol. The van der Waals surface area contributed by atoms with Crippen LogP contribution in [-0.2, 0) is 19.3 Å². The number of carbonyl (C=O) groups is 1. The summed E-state index contributed by atoms with van der Waals surface area (Å²) in [7, 11) is -0.807. The maximum atomic E-state index is 11.7. The quantitative estimate of drug-likeness (QED) is 0.783. The molecule has 2 rings (SSSR count). The van der Waals surface area contributed by atoms with E-state index in [1.807, 2.05) is 0 Å². The lowest BCUT2D eigenvalue weighted by atomic mass is 10.1. The number of hydrogen-bond acceptors (Lipinski definition) is 5. The monoisotopic (exact) mass is 297 g/mol. The van der Waals surface area contributed by atoms with Crippen molar-refractivity contribution in [2.45, 2.75) is 12.8 Å². The first-order chi connectivity index (χ1) is 9.35. The number of esters is 1. The number of benzene rings is 1. The topological polar surface area (TPSA) is 65.0 Å². The molecule has 0 atom stereocenters. The molecule has 0 aliphatic heterocycles. The van der Waals surface area contributed by atoms with Crippen molar-refractivity contribution in [2.75, 3.05) is 26.2 Å². The molecule has 1 fully saturated rings. The molecule has 110 valence electrons. The third kappa shape index (κ3) is 3.72. The zero-order valence-electron chi connectivity index (χ0n) is 11.9. The van der Waals surface area contributed by atoms with Crippen LogP contribution in [0.15, 0.2) is 28.6 Å². The fourth-order valence-corrected chi connectivity index (χ4v) is 2.50. The van der Waals surface area contributed by atoms with E-state index in [4.69, 9.17) is 9.47 Å². The van der Waals surface area contributed by atoms with Gasteiger partial charge in [-0.15, -0.1) is 0 Å². The minimum Gasteiger partial charge on any atom is -0.492 e. The van der Waals surface area contributed by atoms with Gasteiger partial charge in [-0.1, -0.05) is 6.07 Å². The maximum Gasteiger partial charge on any atom is 0.315 e. The van der Waals surface area contributed by atoms with Gasteiger partial charge in [0.05, 0.1) is 12.8 Å². The summed E-state index contributed by atoms with van der Waals surface area (Å²) in [6.07, 6.45) is 4.75. The molecule has 20 heavy (non-hydrogen) atoms. The van der Waals surface area contributed by atoms with Crippen LogP contribution in [0.2, 0.25) is 0 Å². The second-order valence-electron chi connectivity index (χ2n) is 5.33. The Morgan fingerprint density at radius 3 is 2.65 bits per heavy atom. The average molecular weight is 297 g/mol. The molecule has 1 aromatic carbocycles. The van der Waals surface area contributed by atoms with E-state index < -0.39 is 15.1 Å². The van der Waals surface area contributed by atoms with Crippen LogP contribution >= 0.6 is 0 Å². The summed E-state index contributed by atoms with van der Waals surface area (Å²) in [6.45, 7) is 0.302. The largest absolute Gasteiger partial charge is 0.492 e. The smallest absolute Gasteiger partial charge is 0.315 e. The van der Waals surface area contributed by atoms with E-state index >= 15 is 0 Å². The highest BCUT2D eigenvalue weighted by Crippen LogP contribution is 2.47. The van der Waals surface area contributed by atoms with Crippen molar-refractivity contribution in [3.05, 3.63) is 24.3 Å². The standard InChI is InChI=1S/C14H19NO4S/c1-18-13(16)14(7-8-14)10-19-12-6-4-5-11(9-12)15-20(2,3)17/h4-6,9H,7-8,10H2,1-3H3. The van der Waals surface area contributed by atoms with Crippen molar-refractivity contribution in [3.63, 3.8) is 0 Å². The van der Waals surface area contributed by atoms with E-state index in [0.29, 0.717) is 18.0 Å². The summed E-state index contributed by atoms with van der Waals surface area (Å²) in [6, 6.07) is 7.07. The second kappa shape index (κ2) is 5.44. The Hall–Kier alpha value is -1.56. The highest BCUT2D eigenvalue weighted by atomic mass is 32.2. The number of rotatable bonds is 5. The lowest BCUT2D eigenvalue weighted by Crippen LogP contribution is -2.24. The van der Waals surface area contributed by atoms with Crippen LogP contribution in [0.3, 0.4) is 0 Å². The molecule has 1 aromatic rings. The van der Waals surface area contributed by atoms with Gasteiger partial charge in [-0.05, 0) is 25.0 Å². The van der Waals surface area contributed by atoms with Gasteiger partial charge >= 0.3 is 5.97 Å². The van der Waals surface area contributed by atoms with Crippen LogP contribution in [-0.4, -0.2) is 36.4 Å². The van der Waals surface area contributed by atoms with Gasteiger partial charge in [0.1, 0.15) is 17.8 Å². The SMILES string of the molecule is COC(=O)C1(COc2cccc(N=S(C)(C)=O)c2)CC1. The fraction of sp³-hybridized carbons (Fsp3) is 0.500. The van der Waals surface area contributed by atoms with Crippen molar-refractivity contribution < 1.29 is 18.5 Å². The molecule has 0 bridgehead atoms. The Morgan fingerprint density at radius 2 is 2.10 bits per heavy atom. The highest BCUT2D eigenvalue weighted by Gasteiger charge is 2.52. The van der Waals surface area contributed by atoms with Gasteiger partial charge in [-0.2, -0.15) is 4.36 Å². The van der Waals surface area contributed by atoms with Crippen molar-refractivity contribution in [1.29, 1.82) is 0 Å². The minimum atomic E-state index is -2.20. The lowest BCUT2D eigenvalue weighted by Gasteiger charge is -2.14. The Bertz CT molecular complexity index is 620. The Morgan fingerprint density at radius 1 is 1.40 bits per heavy atom. The molecule has 0 spiro atoms. The molecule has 0 saturated heterocycles. The van der Waals surface area contributed by atoms with E-state index in [1.54, 1.807) is 36.8 Å². The molecular formula is C14H19NO4S. The molecule has 0 amide bonds. The van der Waals surface area contributed by atoms with Crippen LogP contribution < -0.4 is 4.74 Å². The molecule has 0 heterocycles. The summed E-state index contributed by atoms with van der Waals surface area (Å²) in [5.74, 6) is 0.397. The Labute approximate surface area is 119 Å². The number of methoxy groups -OCH3 is 1. The van der Waals surface area contributed by atoms with Crippen LogP contribution in [0, 0.1) is 5.41 Å². The zero-order valence-corrected chi connectivity index (χ0v) is 12.7. The Kier molecular flexibility index (Phi) is 4.04. The summed E-state index contributed by atoms with van der Waals surface area (Å²) < 4.78 is 26.2. The average Bonchev–Trinajstić information content (AvgIpc) is 3.15. The molecule has 1 aliphatic rings. The molecule has 0 unspecified atom stereocenters. The summed E-state index contributed by atoms with van der Waals surface area (Å²) in [4.78, 5) is 11.6. The molecule has 0 radical (unpaired) electrons. The first-order valence-corrected chi connectivity index (χ1v) is 8.66. The van der Waals surface area contributed by atoms with Gasteiger partial charge < -0.3 is 9.47 Å². The summed E-state index contributed by atoms with van der Waals surface area (Å²) in [5.41, 5.74) is 0.130. The molecule has 1 aliphatic carbocycles. The normalized spacial score (nSPS) is 16.4. The van der Waals surface area contributed by atoms with Crippen LogP contribution in [0.4, 0.5) is 5.69 Å². The van der Waals surface area contributed by atoms with E-state index in [-0.39, 0.29) is 5.97 Å². The van der Waals surface area contributed by atoms with Crippen molar-refractivity contribution in [2.24, 2.45) is 9.78 Å². The van der Waals surface area contributed by atoms with E-state index in [2.05, 4.69) is 4.36 Å².